The molecule has 1 aliphatic rings. The topological polar surface area (TPSA) is 57.6 Å². The summed E-state index contributed by atoms with van der Waals surface area (Å²) in [7, 11) is -3.06. The van der Waals surface area contributed by atoms with Gasteiger partial charge in [0.25, 0.3) is 0 Å². The van der Waals surface area contributed by atoms with E-state index < -0.39 is 20.2 Å². The number of rotatable bonds is 3. The molecule has 1 aliphatic heterocycles. The fourth-order valence-electron chi connectivity index (χ4n) is 2.07. The van der Waals surface area contributed by atoms with Gasteiger partial charge < -0.3 is 5.11 Å². The lowest BCUT2D eigenvalue weighted by Gasteiger charge is -2.37. The van der Waals surface area contributed by atoms with Gasteiger partial charge in [0.15, 0.2) is 9.84 Å². The lowest BCUT2D eigenvalue weighted by Crippen LogP contribution is -2.48. The van der Waals surface area contributed by atoms with E-state index in [0.29, 0.717) is 13.1 Å². The molecule has 1 fully saturated rings. The number of nitrogens with zero attached hydrogens (tertiary/aromatic N) is 1. The van der Waals surface area contributed by atoms with Gasteiger partial charge in [-0.05, 0) is 47.1 Å². The number of likely N-dealkylation sites (tertiary alicyclic amines) is 1. The molecule has 5 heteroatoms. The van der Waals surface area contributed by atoms with Crippen LogP contribution in [0.5, 0.6) is 0 Å². The molecule has 0 aliphatic carbocycles. The summed E-state index contributed by atoms with van der Waals surface area (Å²) in [4.78, 5) is 2.05. The average Bonchev–Trinajstić information content (AvgIpc) is 2.11. The highest BCUT2D eigenvalue weighted by molar-refractivity contribution is 7.92. The van der Waals surface area contributed by atoms with Gasteiger partial charge in [0, 0.05) is 13.1 Å². The number of β-amino-alcohol motifs (C(OH)–C–C–N with tert-alkyl or cyclic N) is 1. The quantitative estimate of drug-likeness (QED) is 0.827. The second-order valence-electron chi connectivity index (χ2n) is 6.31. The molecule has 17 heavy (non-hydrogen) atoms. The maximum atomic E-state index is 12.0. The van der Waals surface area contributed by atoms with E-state index in [9.17, 15) is 13.5 Å². The summed E-state index contributed by atoms with van der Waals surface area (Å²) in [5, 5.41) is 9.94. The van der Waals surface area contributed by atoms with Crippen molar-refractivity contribution in [2.24, 2.45) is 0 Å². The van der Waals surface area contributed by atoms with E-state index >= 15 is 0 Å². The van der Waals surface area contributed by atoms with Crippen LogP contribution in [0.3, 0.4) is 0 Å². The lowest BCUT2D eigenvalue weighted by atomic mass is 9.95. The zero-order chi connectivity index (χ0) is 13.3. The van der Waals surface area contributed by atoms with Crippen LogP contribution in [0.2, 0.25) is 0 Å². The van der Waals surface area contributed by atoms with Crippen LogP contribution in [0.1, 0.15) is 40.5 Å². The molecule has 4 nitrogen and oxygen atoms in total. The molecule has 102 valence electrons. The molecule has 1 atom stereocenters. The predicted octanol–water partition coefficient (Wildman–Crippen LogP) is 1.05. The highest BCUT2D eigenvalue weighted by Gasteiger charge is 2.32. The van der Waals surface area contributed by atoms with E-state index in [1.165, 1.54) is 0 Å². The number of aliphatic hydroxyl groups is 1. The van der Waals surface area contributed by atoms with Crippen LogP contribution in [0.4, 0.5) is 0 Å². The first-order valence-corrected chi connectivity index (χ1v) is 7.86. The molecule has 1 unspecified atom stereocenters. The molecule has 0 bridgehead atoms. The molecule has 1 rings (SSSR count). The van der Waals surface area contributed by atoms with Gasteiger partial charge in [-0.3, -0.25) is 4.90 Å². The van der Waals surface area contributed by atoms with Gasteiger partial charge in [-0.1, -0.05) is 0 Å². The molecule has 0 aromatic heterocycles. The molecule has 0 amide bonds. The molecular formula is C12H25NO3S. The average molecular weight is 263 g/mol. The van der Waals surface area contributed by atoms with E-state index in [0.717, 1.165) is 19.4 Å². The third kappa shape index (κ3) is 4.23. The highest BCUT2D eigenvalue weighted by Crippen LogP contribution is 2.21. The van der Waals surface area contributed by atoms with E-state index in [4.69, 9.17) is 0 Å². The van der Waals surface area contributed by atoms with Gasteiger partial charge in [0.1, 0.15) is 0 Å². The van der Waals surface area contributed by atoms with Crippen molar-refractivity contribution in [2.75, 3.05) is 25.4 Å². The Morgan fingerprint density at radius 2 is 1.94 bits per heavy atom. The van der Waals surface area contributed by atoms with Crippen LogP contribution in [-0.4, -0.2) is 54.2 Å². The fourth-order valence-corrected chi connectivity index (χ4v) is 3.18. The first-order valence-electron chi connectivity index (χ1n) is 6.21. The van der Waals surface area contributed by atoms with Gasteiger partial charge in [-0.2, -0.15) is 0 Å². The zero-order valence-corrected chi connectivity index (χ0v) is 12.2. The summed E-state index contributed by atoms with van der Waals surface area (Å²) >= 11 is 0. The normalized spacial score (nSPS) is 28.3. The van der Waals surface area contributed by atoms with Gasteiger partial charge in [0.05, 0.1) is 16.1 Å². The third-order valence-electron chi connectivity index (χ3n) is 3.36. The molecule has 0 aromatic rings. The third-order valence-corrected chi connectivity index (χ3v) is 5.95. The van der Waals surface area contributed by atoms with Crippen molar-refractivity contribution in [3.05, 3.63) is 0 Å². The summed E-state index contributed by atoms with van der Waals surface area (Å²) in [5.41, 5.74) is -0.663. The van der Waals surface area contributed by atoms with Crippen molar-refractivity contribution < 1.29 is 13.5 Å². The summed E-state index contributed by atoms with van der Waals surface area (Å²) in [6.45, 7) is 8.99. The largest absolute Gasteiger partial charge is 0.389 e. The molecular weight excluding hydrogens is 238 g/mol. The van der Waals surface area contributed by atoms with Crippen LogP contribution in [-0.2, 0) is 9.84 Å². The predicted molar refractivity (Wildman–Crippen MR) is 69.8 cm³/mol. The molecule has 0 aromatic carbocycles. The Morgan fingerprint density at radius 1 is 1.35 bits per heavy atom. The Bertz CT molecular complexity index is 354. The highest BCUT2D eigenvalue weighted by atomic mass is 32.2. The Hall–Kier alpha value is -0.130. The number of hydrogen-bond donors (Lipinski definition) is 1. The summed E-state index contributed by atoms with van der Waals surface area (Å²) in [6.07, 6.45) is 1.73. The number of hydrogen-bond acceptors (Lipinski definition) is 4. The van der Waals surface area contributed by atoms with Gasteiger partial charge in [-0.15, -0.1) is 0 Å². The van der Waals surface area contributed by atoms with Gasteiger partial charge in [0.2, 0.25) is 0 Å². The molecule has 1 heterocycles. The number of sulfone groups is 1. The Kier molecular flexibility index (Phi) is 4.27. The maximum Gasteiger partial charge on any atom is 0.156 e. The standard InChI is InChI=1S/C12H25NO3S/c1-11(2,3)17(15,16)9-8-13-7-5-6-12(4,14)10-13/h14H,5-10H2,1-4H3. The van der Waals surface area contributed by atoms with Crippen molar-refractivity contribution in [2.45, 2.75) is 50.9 Å². The SMILES string of the molecule is CC1(O)CCCN(CCS(=O)(=O)C(C)(C)C)C1. The van der Waals surface area contributed by atoms with Crippen molar-refractivity contribution >= 4 is 9.84 Å². The molecule has 0 spiro atoms. The van der Waals surface area contributed by atoms with Crippen LogP contribution in [0.25, 0.3) is 0 Å². The Labute approximate surface area is 105 Å². The molecule has 0 saturated carbocycles. The second-order valence-corrected chi connectivity index (χ2v) is 9.17. The monoisotopic (exact) mass is 263 g/mol. The van der Waals surface area contributed by atoms with Crippen LogP contribution in [0, 0.1) is 0 Å². The van der Waals surface area contributed by atoms with Crippen molar-refractivity contribution in [1.82, 2.24) is 4.90 Å². The van der Waals surface area contributed by atoms with Crippen molar-refractivity contribution in [3.63, 3.8) is 0 Å². The minimum absolute atomic E-state index is 0.173. The van der Waals surface area contributed by atoms with E-state index in [-0.39, 0.29) is 5.75 Å². The molecule has 1 N–H and O–H groups in total. The Balaban J connectivity index is 2.52. The minimum Gasteiger partial charge on any atom is -0.389 e. The molecule has 0 radical (unpaired) electrons. The Morgan fingerprint density at radius 3 is 2.41 bits per heavy atom. The van der Waals surface area contributed by atoms with E-state index in [1.54, 1.807) is 20.8 Å². The van der Waals surface area contributed by atoms with Crippen molar-refractivity contribution in [3.8, 4) is 0 Å². The van der Waals surface area contributed by atoms with E-state index in [2.05, 4.69) is 0 Å². The summed E-state index contributed by atoms with van der Waals surface area (Å²) < 4.78 is 23.2. The lowest BCUT2D eigenvalue weighted by molar-refractivity contribution is -0.0134. The summed E-state index contributed by atoms with van der Waals surface area (Å²) in [5.74, 6) is 0.173. The summed E-state index contributed by atoms with van der Waals surface area (Å²) in [6, 6.07) is 0. The van der Waals surface area contributed by atoms with Crippen LogP contribution < -0.4 is 0 Å². The van der Waals surface area contributed by atoms with Gasteiger partial charge >= 0.3 is 0 Å². The van der Waals surface area contributed by atoms with Gasteiger partial charge in [-0.25, -0.2) is 8.42 Å². The van der Waals surface area contributed by atoms with Crippen LogP contribution in [0.15, 0.2) is 0 Å². The van der Waals surface area contributed by atoms with Crippen LogP contribution >= 0.6 is 0 Å². The number of piperidine rings is 1. The first kappa shape index (κ1) is 14.9. The smallest absolute Gasteiger partial charge is 0.156 e. The fraction of sp³-hybridized carbons (Fsp3) is 1.00. The zero-order valence-electron chi connectivity index (χ0n) is 11.4. The first-order chi connectivity index (χ1) is 7.54. The molecule has 1 saturated heterocycles. The second kappa shape index (κ2) is 4.86. The van der Waals surface area contributed by atoms with Crippen molar-refractivity contribution in [1.29, 1.82) is 0 Å². The maximum absolute atomic E-state index is 12.0. The minimum atomic E-state index is -3.06. The van der Waals surface area contributed by atoms with E-state index in [1.807, 2.05) is 11.8 Å².